The fourth-order valence-corrected chi connectivity index (χ4v) is 3.41. The maximum Gasteiger partial charge on any atom is 0.00676 e. The van der Waals surface area contributed by atoms with Crippen LogP contribution in [0.25, 0.3) is 0 Å². The molecule has 0 aromatic rings. The standard InChI is InChI=1S/C13H26N2/c1-3-6-13(7-8-14-10-13)11-15-9-4-5-12(15)2/h12,14H,3-11H2,1-2H3. The summed E-state index contributed by atoms with van der Waals surface area (Å²) in [5.74, 6) is 0. The van der Waals surface area contributed by atoms with Crippen molar-refractivity contribution < 1.29 is 0 Å². The summed E-state index contributed by atoms with van der Waals surface area (Å²) in [4.78, 5) is 2.72. The van der Waals surface area contributed by atoms with Gasteiger partial charge >= 0.3 is 0 Å². The lowest BCUT2D eigenvalue weighted by molar-refractivity contribution is 0.148. The van der Waals surface area contributed by atoms with Crippen LogP contribution in [0.2, 0.25) is 0 Å². The Morgan fingerprint density at radius 3 is 2.87 bits per heavy atom. The molecule has 2 saturated heterocycles. The molecule has 1 N–H and O–H groups in total. The molecule has 0 spiro atoms. The Hall–Kier alpha value is -0.0800. The molecular weight excluding hydrogens is 184 g/mol. The van der Waals surface area contributed by atoms with Gasteiger partial charge in [-0.05, 0) is 51.1 Å². The SMILES string of the molecule is CCCC1(CN2CCCC2C)CCNC1. The monoisotopic (exact) mass is 210 g/mol. The average molecular weight is 210 g/mol. The number of rotatable bonds is 4. The molecule has 2 aliphatic rings. The molecule has 2 nitrogen and oxygen atoms in total. The molecule has 0 aliphatic carbocycles. The molecule has 15 heavy (non-hydrogen) atoms. The summed E-state index contributed by atoms with van der Waals surface area (Å²) in [5.41, 5.74) is 0.605. The van der Waals surface area contributed by atoms with Crippen molar-refractivity contribution in [3.05, 3.63) is 0 Å². The number of nitrogens with one attached hydrogen (secondary N) is 1. The van der Waals surface area contributed by atoms with Gasteiger partial charge in [-0.2, -0.15) is 0 Å². The van der Waals surface area contributed by atoms with Gasteiger partial charge in [-0.15, -0.1) is 0 Å². The highest BCUT2D eigenvalue weighted by Gasteiger charge is 2.36. The minimum absolute atomic E-state index is 0.605. The van der Waals surface area contributed by atoms with Gasteiger partial charge in [0.05, 0.1) is 0 Å². The summed E-state index contributed by atoms with van der Waals surface area (Å²) in [6, 6.07) is 0.833. The zero-order valence-electron chi connectivity index (χ0n) is 10.4. The normalized spacial score (nSPS) is 37.6. The first-order chi connectivity index (χ1) is 7.26. The molecule has 2 aliphatic heterocycles. The van der Waals surface area contributed by atoms with E-state index in [4.69, 9.17) is 0 Å². The second-order valence-electron chi connectivity index (χ2n) is 5.64. The van der Waals surface area contributed by atoms with Gasteiger partial charge in [0, 0.05) is 19.1 Å². The summed E-state index contributed by atoms with van der Waals surface area (Å²) >= 11 is 0. The Bertz CT molecular complexity index is 197. The van der Waals surface area contributed by atoms with Crippen LogP contribution in [0.4, 0.5) is 0 Å². The van der Waals surface area contributed by atoms with E-state index in [2.05, 4.69) is 24.1 Å². The number of likely N-dealkylation sites (tertiary alicyclic amines) is 1. The number of hydrogen-bond donors (Lipinski definition) is 1. The molecule has 2 heterocycles. The van der Waals surface area contributed by atoms with E-state index >= 15 is 0 Å². The Morgan fingerprint density at radius 1 is 1.47 bits per heavy atom. The average Bonchev–Trinajstić information content (AvgIpc) is 2.79. The summed E-state index contributed by atoms with van der Waals surface area (Å²) in [5, 5.41) is 3.56. The first-order valence-electron chi connectivity index (χ1n) is 6.70. The third kappa shape index (κ3) is 2.54. The van der Waals surface area contributed by atoms with E-state index in [0.29, 0.717) is 5.41 Å². The van der Waals surface area contributed by atoms with Crippen LogP contribution in [0.5, 0.6) is 0 Å². The van der Waals surface area contributed by atoms with Gasteiger partial charge in [0.25, 0.3) is 0 Å². The predicted octanol–water partition coefficient (Wildman–Crippen LogP) is 2.25. The first-order valence-corrected chi connectivity index (χ1v) is 6.70. The van der Waals surface area contributed by atoms with Crippen molar-refractivity contribution in [3.63, 3.8) is 0 Å². The largest absolute Gasteiger partial charge is 0.316 e. The molecule has 0 amide bonds. The molecule has 0 aromatic heterocycles. The van der Waals surface area contributed by atoms with E-state index < -0.39 is 0 Å². The van der Waals surface area contributed by atoms with E-state index in [9.17, 15) is 0 Å². The second kappa shape index (κ2) is 4.84. The lowest BCUT2D eigenvalue weighted by Crippen LogP contribution is -2.40. The maximum atomic E-state index is 3.56. The molecule has 0 radical (unpaired) electrons. The highest BCUT2D eigenvalue weighted by Crippen LogP contribution is 2.34. The van der Waals surface area contributed by atoms with E-state index in [1.165, 1.54) is 58.3 Å². The van der Waals surface area contributed by atoms with Gasteiger partial charge in [0.15, 0.2) is 0 Å². The summed E-state index contributed by atoms with van der Waals surface area (Å²) in [7, 11) is 0. The smallest absolute Gasteiger partial charge is 0.00676 e. The van der Waals surface area contributed by atoms with E-state index in [1.807, 2.05) is 0 Å². The topological polar surface area (TPSA) is 15.3 Å². The zero-order chi connectivity index (χ0) is 10.7. The molecule has 0 saturated carbocycles. The van der Waals surface area contributed by atoms with Crippen LogP contribution in [-0.2, 0) is 0 Å². The minimum Gasteiger partial charge on any atom is -0.316 e. The van der Waals surface area contributed by atoms with Crippen molar-refractivity contribution in [2.75, 3.05) is 26.2 Å². The Balaban J connectivity index is 1.93. The van der Waals surface area contributed by atoms with Crippen LogP contribution < -0.4 is 5.32 Å². The van der Waals surface area contributed by atoms with Crippen LogP contribution >= 0.6 is 0 Å². The first kappa shape index (κ1) is 11.4. The summed E-state index contributed by atoms with van der Waals surface area (Å²) < 4.78 is 0. The van der Waals surface area contributed by atoms with Crippen molar-refractivity contribution >= 4 is 0 Å². The number of nitrogens with zero attached hydrogens (tertiary/aromatic N) is 1. The van der Waals surface area contributed by atoms with Gasteiger partial charge in [0.2, 0.25) is 0 Å². The molecule has 2 fully saturated rings. The molecule has 88 valence electrons. The molecule has 2 atom stereocenters. The predicted molar refractivity (Wildman–Crippen MR) is 65.1 cm³/mol. The van der Waals surface area contributed by atoms with Crippen molar-refractivity contribution in [1.29, 1.82) is 0 Å². The summed E-state index contributed by atoms with van der Waals surface area (Å²) in [6.07, 6.45) is 6.96. The van der Waals surface area contributed by atoms with Crippen LogP contribution in [0.1, 0.15) is 46.0 Å². The fraction of sp³-hybridized carbons (Fsp3) is 1.00. The lowest BCUT2D eigenvalue weighted by atomic mass is 9.82. The van der Waals surface area contributed by atoms with Gasteiger partial charge in [-0.3, -0.25) is 0 Å². The molecule has 0 bridgehead atoms. The Labute approximate surface area is 94.4 Å². The number of hydrogen-bond acceptors (Lipinski definition) is 2. The minimum atomic E-state index is 0.605. The van der Waals surface area contributed by atoms with Crippen molar-refractivity contribution in [1.82, 2.24) is 10.2 Å². The van der Waals surface area contributed by atoms with Crippen molar-refractivity contribution in [2.45, 2.75) is 52.0 Å². The molecule has 2 rings (SSSR count). The fourth-order valence-electron chi connectivity index (χ4n) is 3.41. The van der Waals surface area contributed by atoms with Crippen LogP contribution in [0.3, 0.4) is 0 Å². The molecule has 2 heteroatoms. The zero-order valence-corrected chi connectivity index (χ0v) is 10.4. The molecule has 0 aromatic carbocycles. The van der Waals surface area contributed by atoms with E-state index in [1.54, 1.807) is 0 Å². The van der Waals surface area contributed by atoms with Crippen LogP contribution in [-0.4, -0.2) is 37.1 Å². The maximum absolute atomic E-state index is 3.56. The van der Waals surface area contributed by atoms with Gasteiger partial charge < -0.3 is 10.2 Å². The highest BCUT2D eigenvalue weighted by atomic mass is 15.2. The van der Waals surface area contributed by atoms with Crippen molar-refractivity contribution in [2.24, 2.45) is 5.41 Å². The van der Waals surface area contributed by atoms with Gasteiger partial charge in [0.1, 0.15) is 0 Å². The summed E-state index contributed by atoms with van der Waals surface area (Å²) in [6.45, 7) is 9.90. The van der Waals surface area contributed by atoms with Gasteiger partial charge in [-0.1, -0.05) is 13.3 Å². The molecular formula is C13H26N2. The Morgan fingerprint density at radius 2 is 2.33 bits per heavy atom. The highest BCUT2D eigenvalue weighted by molar-refractivity contribution is 4.92. The second-order valence-corrected chi connectivity index (χ2v) is 5.64. The lowest BCUT2D eigenvalue weighted by Gasteiger charge is -2.34. The van der Waals surface area contributed by atoms with Crippen LogP contribution in [0, 0.1) is 5.41 Å². The Kier molecular flexibility index (Phi) is 3.68. The third-order valence-electron chi connectivity index (χ3n) is 4.34. The van der Waals surface area contributed by atoms with E-state index in [0.717, 1.165) is 6.04 Å². The molecule has 2 unspecified atom stereocenters. The van der Waals surface area contributed by atoms with E-state index in [-0.39, 0.29) is 0 Å². The van der Waals surface area contributed by atoms with Crippen molar-refractivity contribution in [3.8, 4) is 0 Å². The van der Waals surface area contributed by atoms with Gasteiger partial charge in [-0.25, -0.2) is 0 Å². The quantitative estimate of drug-likeness (QED) is 0.765. The van der Waals surface area contributed by atoms with Crippen LogP contribution in [0.15, 0.2) is 0 Å². The third-order valence-corrected chi connectivity index (χ3v) is 4.34.